The van der Waals surface area contributed by atoms with Gasteiger partial charge in [0.15, 0.2) is 28.5 Å². The van der Waals surface area contributed by atoms with Gasteiger partial charge in [0.1, 0.15) is 24.3 Å². The third-order valence-corrected chi connectivity index (χ3v) is 14.7. The van der Waals surface area contributed by atoms with E-state index < -0.39 is 47.1 Å². The second-order valence-corrected chi connectivity index (χ2v) is 17.0. The van der Waals surface area contributed by atoms with Crippen molar-refractivity contribution in [2.75, 3.05) is 46.9 Å². The van der Waals surface area contributed by atoms with E-state index in [-0.39, 0.29) is 36.7 Å². The van der Waals surface area contributed by atoms with Crippen molar-refractivity contribution in [3.63, 3.8) is 0 Å². The maximum absolute atomic E-state index is 15.0. The number of aromatic hydroxyl groups is 2. The fraction of sp³-hybridized carbons (Fsp3) is 0.463. The van der Waals surface area contributed by atoms with Gasteiger partial charge < -0.3 is 44.0 Å². The van der Waals surface area contributed by atoms with Crippen LogP contribution in [0.3, 0.4) is 0 Å². The van der Waals surface area contributed by atoms with Crippen molar-refractivity contribution in [3.05, 3.63) is 68.9 Å². The maximum atomic E-state index is 15.0. The smallest absolute Gasteiger partial charge is 0.333 e. The molecule has 7 aliphatic heterocycles. The molecule has 1 aromatic heterocycles. The lowest BCUT2D eigenvalue weighted by atomic mass is 9.73. The predicted molar refractivity (Wildman–Crippen MR) is 205 cm³/mol. The first-order chi connectivity index (χ1) is 26.9. The van der Waals surface area contributed by atoms with E-state index in [9.17, 15) is 20.1 Å². The van der Waals surface area contributed by atoms with Crippen molar-refractivity contribution in [2.24, 2.45) is 0 Å². The largest absolute Gasteiger partial charge is 0.508 e. The number of aliphatic hydroxyl groups excluding tert-OH is 1. The summed E-state index contributed by atoms with van der Waals surface area (Å²) in [5.41, 5.74) is 5.56. The molecule has 0 saturated carbocycles. The molecule has 14 nitrogen and oxygen atoms in total. The summed E-state index contributed by atoms with van der Waals surface area (Å²) in [4.78, 5) is 37.8. The Labute approximate surface area is 327 Å². The Morgan fingerprint density at radius 1 is 1.05 bits per heavy atom. The number of esters is 2. The lowest BCUT2D eigenvalue weighted by Gasteiger charge is -2.62. The molecule has 1 unspecified atom stereocenters. The number of H-pyrrole nitrogens is 1. The minimum atomic E-state index is -1.28. The van der Waals surface area contributed by atoms with Crippen LogP contribution < -0.4 is 18.9 Å². The number of benzene rings is 3. The third-order valence-electron chi connectivity index (χ3n) is 13.2. The van der Waals surface area contributed by atoms with Crippen LogP contribution in [-0.4, -0.2) is 112 Å². The van der Waals surface area contributed by atoms with Crippen LogP contribution in [0.1, 0.15) is 68.9 Å². The van der Waals surface area contributed by atoms with Crippen molar-refractivity contribution in [1.29, 1.82) is 0 Å². The van der Waals surface area contributed by atoms with Gasteiger partial charge in [-0.3, -0.25) is 19.5 Å². The molecule has 4 N–H and O–H groups in total. The summed E-state index contributed by atoms with van der Waals surface area (Å²) in [6.07, 6.45) is 0.0744. The number of hydrogen-bond donors (Lipinski definition) is 4. The number of hydrogen-bond acceptors (Lipinski definition) is 14. The van der Waals surface area contributed by atoms with Gasteiger partial charge in [0, 0.05) is 58.4 Å². The van der Waals surface area contributed by atoms with E-state index in [1.165, 1.54) is 18.7 Å². The maximum Gasteiger partial charge on any atom is 0.333 e. The van der Waals surface area contributed by atoms with Gasteiger partial charge in [-0.15, -0.1) is 11.8 Å². The summed E-state index contributed by atoms with van der Waals surface area (Å²) in [6, 6.07) is 5.03. The molecule has 3 aromatic carbocycles. The van der Waals surface area contributed by atoms with Crippen molar-refractivity contribution in [3.8, 4) is 34.5 Å². The second kappa shape index (κ2) is 12.4. The first kappa shape index (κ1) is 35.7. The van der Waals surface area contributed by atoms with Crippen LogP contribution in [0, 0.1) is 13.8 Å². The van der Waals surface area contributed by atoms with Crippen LogP contribution in [0.2, 0.25) is 0 Å². The van der Waals surface area contributed by atoms with E-state index in [4.69, 9.17) is 23.7 Å². The highest BCUT2D eigenvalue weighted by Gasteiger charge is 2.62. The van der Waals surface area contributed by atoms with Gasteiger partial charge in [0.2, 0.25) is 6.79 Å². The van der Waals surface area contributed by atoms with Gasteiger partial charge in [0.25, 0.3) is 0 Å². The average Bonchev–Trinajstić information content (AvgIpc) is 3.80. The van der Waals surface area contributed by atoms with Gasteiger partial charge in [-0.1, -0.05) is 6.07 Å². The molecule has 0 aliphatic carbocycles. The van der Waals surface area contributed by atoms with Crippen molar-refractivity contribution >= 4 is 34.6 Å². The summed E-state index contributed by atoms with van der Waals surface area (Å²) >= 11 is 1.52. The number of nitrogens with zero attached hydrogens (tertiary/aromatic N) is 3. The number of nitrogens with one attached hydrogen (secondary N) is 1. The second-order valence-electron chi connectivity index (χ2n) is 15.9. The Morgan fingerprint density at radius 2 is 1.84 bits per heavy atom. The fourth-order valence-electron chi connectivity index (χ4n) is 10.7. The number of phenols is 2. The minimum Gasteiger partial charge on any atom is -0.508 e. The van der Waals surface area contributed by atoms with Crippen LogP contribution in [0.5, 0.6) is 34.5 Å². The zero-order chi connectivity index (χ0) is 39.1. The molecule has 1 spiro atoms. The number of piperazine rings is 1. The Balaban J connectivity index is 1.25. The summed E-state index contributed by atoms with van der Waals surface area (Å²) in [6.45, 7) is 5.44. The van der Waals surface area contributed by atoms with Gasteiger partial charge >= 0.3 is 11.9 Å². The SMILES string of the molecule is COc1c(C)cc2c(c1O)[C@@H]1C3[C@@H]4SC[C@]5(C(=O)OC[C@H](c6c7c(c(C)c(OC(C)=O)c64)OCO7)N3[C@@H](O)[C@@H](C2)N1C)c1[nH]c2ccc(O)cc2c1CCN5C. The summed E-state index contributed by atoms with van der Waals surface area (Å²) < 4.78 is 30.7. The zero-order valence-corrected chi connectivity index (χ0v) is 32.8. The molecule has 0 radical (unpaired) electrons. The first-order valence-corrected chi connectivity index (χ1v) is 20.0. The predicted octanol–water partition coefficient (Wildman–Crippen LogP) is 4.23. The van der Waals surface area contributed by atoms with E-state index >= 15 is 4.79 Å². The molecule has 4 bridgehead atoms. The Morgan fingerprint density at radius 3 is 2.61 bits per heavy atom. The number of carbonyl (C=O) groups excluding carboxylic acids is 2. The van der Waals surface area contributed by atoms with E-state index in [0.29, 0.717) is 70.3 Å². The van der Waals surface area contributed by atoms with E-state index in [2.05, 4.69) is 9.88 Å². The van der Waals surface area contributed by atoms with Crippen LogP contribution >= 0.6 is 11.8 Å². The van der Waals surface area contributed by atoms with Gasteiger partial charge in [0.05, 0.1) is 36.2 Å². The molecule has 11 rings (SSSR count). The lowest BCUT2D eigenvalue weighted by Crippen LogP contribution is -2.70. The number of aromatic amines is 1. The molecule has 2 fully saturated rings. The zero-order valence-electron chi connectivity index (χ0n) is 32.0. The number of aromatic nitrogens is 1. The number of aliphatic hydroxyl groups is 1. The third kappa shape index (κ3) is 4.60. The quantitative estimate of drug-likeness (QED) is 0.169. The first-order valence-electron chi connectivity index (χ1n) is 18.9. The summed E-state index contributed by atoms with van der Waals surface area (Å²) in [5, 5.41) is 35.5. The number of fused-ring (bicyclic) bond motifs is 11. The molecule has 56 heavy (non-hydrogen) atoms. The lowest BCUT2D eigenvalue weighted by molar-refractivity contribution is -0.188. The topological polar surface area (TPSA) is 166 Å². The fourth-order valence-corrected chi connectivity index (χ4v) is 12.5. The molecule has 4 aromatic rings. The Bertz CT molecular complexity index is 2380. The molecule has 0 amide bonds. The number of thioether (sulfide) groups is 1. The summed E-state index contributed by atoms with van der Waals surface area (Å²) in [7, 11) is 5.45. The van der Waals surface area contributed by atoms with Crippen molar-refractivity contribution < 1.29 is 48.6 Å². The average molecular weight is 785 g/mol. The number of aryl methyl sites for hydroxylation is 1. The monoisotopic (exact) mass is 784 g/mol. The number of phenolic OH excluding ortho intramolecular Hbond substituents is 2. The molecule has 8 heterocycles. The van der Waals surface area contributed by atoms with E-state index in [1.54, 1.807) is 19.2 Å². The Kier molecular flexibility index (Phi) is 7.92. The van der Waals surface area contributed by atoms with Crippen LogP contribution in [0.4, 0.5) is 0 Å². The standard InChI is InChI=1S/C41H44N4O10S/c1-17-11-20-12-25-39(49)45-26-14-52-40(50)41(38-22(9-10-43(41)4)23-13-21(47)7-8-24(23)42-38)15-56-37(31(45)30(44(25)5)27(20)32(48)33(17)51-6)29-28(26)36-35(53-16-54-36)18(2)34(29)55-19(3)46/h7-8,11,13,25-26,30-31,37,39,42,47-49H,9-10,12,14-16H2,1-6H3/t25-,26-,30-,31?,37-,39+,41-/m1/s1. The molecule has 2 saturated heterocycles. The number of methoxy groups -OCH3 is 1. The molecule has 7 aliphatic rings. The highest BCUT2D eigenvalue weighted by Crippen LogP contribution is 2.64. The molecular formula is C41H44N4O10S. The Hall–Kier alpha value is -4.67. The molecule has 294 valence electrons. The van der Waals surface area contributed by atoms with E-state index in [0.717, 1.165) is 27.6 Å². The van der Waals surface area contributed by atoms with Gasteiger partial charge in [-0.05, 0) is 75.7 Å². The van der Waals surface area contributed by atoms with Crippen LogP contribution in [0.15, 0.2) is 24.3 Å². The van der Waals surface area contributed by atoms with Gasteiger partial charge in [-0.25, -0.2) is 4.79 Å². The number of carbonyl (C=O) groups is 2. The normalized spacial score (nSPS) is 29.4. The van der Waals surface area contributed by atoms with Crippen LogP contribution in [0.25, 0.3) is 10.9 Å². The number of ether oxygens (including phenoxy) is 5. The van der Waals surface area contributed by atoms with Gasteiger partial charge in [-0.2, -0.15) is 0 Å². The summed E-state index contributed by atoms with van der Waals surface area (Å²) in [5.74, 6) is 1.09. The van der Waals surface area contributed by atoms with E-state index in [1.807, 2.05) is 49.9 Å². The van der Waals surface area contributed by atoms with Crippen molar-refractivity contribution in [2.45, 2.75) is 74.8 Å². The molecule has 15 heteroatoms. The van der Waals surface area contributed by atoms with Crippen molar-refractivity contribution in [1.82, 2.24) is 19.7 Å². The number of rotatable bonds is 2. The highest BCUT2D eigenvalue weighted by molar-refractivity contribution is 7.99. The minimum absolute atomic E-state index is 0.0512. The number of likely N-dealkylation sites (N-methyl/N-ethyl adjacent to an activating group) is 2. The molecular weight excluding hydrogens is 741 g/mol. The highest BCUT2D eigenvalue weighted by atomic mass is 32.2. The molecule has 7 atom stereocenters. The van der Waals surface area contributed by atoms with Crippen LogP contribution in [-0.2, 0) is 32.7 Å².